The fraction of sp³-hybridized carbons (Fsp3) is 0.947. The van der Waals surface area contributed by atoms with Crippen LogP contribution < -0.4 is 0 Å². The van der Waals surface area contributed by atoms with E-state index < -0.39 is 24.4 Å². The number of fused-ring (bicyclic) bond motifs is 4. The van der Waals surface area contributed by atoms with Gasteiger partial charge in [-0.15, -0.1) is 0 Å². The summed E-state index contributed by atoms with van der Waals surface area (Å²) in [7, 11) is 0. The van der Waals surface area contributed by atoms with Crippen molar-refractivity contribution in [2.24, 2.45) is 0 Å². The van der Waals surface area contributed by atoms with Gasteiger partial charge in [-0.1, -0.05) is 0 Å². The van der Waals surface area contributed by atoms with Crippen LogP contribution in [0.5, 0.6) is 0 Å². The molecule has 332 valence electrons. The molecule has 18 atom stereocenters. The van der Waals surface area contributed by atoms with Crippen molar-refractivity contribution < 1.29 is 96.3 Å². The Hall–Kier alpha value is -1.70. The molecule has 0 aromatic heterocycles. The van der Waals surface area contributed by atoms with Gasteiger partial charge >= 0.3 is 11.9 Å². The molecule has 0 bridgehead atoms. The first kappa shape index (κ1) is 44.4. The van der Waals surface area contributed by atoms with E-state index in [9.17, 15) is 19.8 Å². The summed E-state index contributed by atoms with van der Waals surface area (Å²) in [5.74, 6) is -0.655. The van der Waals surface area contributed by atoms with E-state index in [1.165, 1.54) is 13.8 Å². The second-order valence-corrected chi connectivity index (χ2v) is 15.9. The van der Waals surface area contributed by atoms with Crippen LogP contribution in [0.25, 0.3) is 0 Å². The minimum atomic E-state index is -0.592. The lowest BCUT2D eigenvalue weighted by Crippen LogP contribution is -2.37. The molecule has 20 heteroatoms. The molecular formula is C38H60O20. The maximum Gasteiger partial charge on any atom is 0.303 e. The molecule has 0 aliphatic carbocycles. The summed E-state index contributed by atoms with van der Waals surface area (Å²) >= 11 is 0. The van der Waals surface area contributed by atoms with E-state index in [2.05, 4.69) is 0 Å². The van der Waals surface area contributed by atoms with Crippen LogP contribution in [0, 0.1) is 0 Å². The molecule has 10 heterocycles. The van der Waals surface area contributed by atoms with E-state index in [-0.39, 0.29) is 118 Å². The largest absolute Gasteiger partial charge is 0.457 e. The van der Waals surface area contributed by atoms with Crippen molar-refractivity contribution in [1.82, 2.24) is 0 Å². The van der Waals surface area contributed by atoms with Crippen molar-refractivity contribution in [1.29, 1.82) is 0 Å². The Morgan fingerprint density at radius 3 is 1.07 bits per heavy atom. The monoisotopic (exact) mass is 836 g/mol. The van der Waals surface area contributed by atoms with Crippen LogP contribution in [-0.4, -0.2) is 209 Å². The third-order valence-corrected chi connectivity index (χ3v) is 11.5. The van der Waals surface area contributed by atoms with Gasteiger partial charge in [0.25, 0.3) is 0 Å². The summed E-state index contributed by atoms with van der Waals surface area (Å²) in [5.41, 5.74) is 0. The predicted molar refractivity (Wildman–Crippen MR) is 190 cm³/mol. The van der Waals surface area contributed by atoms with Crippen LogP contribution in [0.4, 0.5) is 0 Å². The van der Waals surface area contributed by atoms with Crippen molar-refractivity contribution in [2.75, 3.05) is 66.1 Å². The number of ether oxygens (including phenoxy) is 14. The van der Waals surface area contributed by atoms with E-state index in [1.54, 1.807) is 0 Å². The summed E-state index contributed by atoms with van der Waals surface area (Å²) in [6.07, 6.45) is 1.04. The summed E-state index contributed by atoms with van der Waals surface area (Å²) < 4.78 is 75.9. The van der Waals surface area contributed by atoms with Crippen LogP contribution in [-0.2, 0) is 75.9 Å². The smallest absolute Gasteiger partial charge is 0.303 e. The highest BCUT2D eigenvalue weighted by Gasteiger charge is 2.52. The Morgan fingerprint density at radius 1 is 0.397 bits per heavy atom. The first-order chi connectivity index (χ1) is 28.0. The molecule has 10 rings (SSSR count). The van der Waals surface area contributed by atoms with E-state index in [0.29, 0.717) is 33.0 Å². The first-order valence-electron chi connectivity index (χ1n) is 20.6. The van der Waals surface area contributed by atoms with Gasteiger partial charge in [-0.2, -0.15) is 0 Å². The summed E-state index contributed by atoms with van der Waals surface area (Å²) in [6.45, 7) is 7.09. The van der Waals surface area contributed by atoms with E-state index in [4.69, 9.17) is 76.5 Å². The van der Waals surface area contributed by atoms with Gasteiger partial charge in [0, 0.05) is 27.1 Å². The number of hydrogen-bond acceptors (Lipinski definition) is 20. The number of esters is 2. The standard InChI is InChI=1S/C13H20O6.C11H18O5.C8H12O5.C6H10O4/c1-8(14)18-9-6-16-13-10(7-17-12(9)13)19-11-4-2-3-5-15-11;12-7-5-14-11-8(6-15-10(7)11)16-9-3-1-2-4-13-9;1-4(9)13-6-3-12-7-5(10)2-11-8(6)7;7-3-1-9-6-4(8)2-10-5(3)6/h9-13H,2-7H2,1H3;7-12H,1-6H2;5-8,10H,2-3H2,1H3;3-8H,1-2H2/t9-,10+,11?,12+,13+;7-,8+,9?,10+,11+;5-,6+,7-,8-;3-,4+,5-,6-/m0011/s1. The van der Waals surface area contributed by atoms with Gasteiger partial charge in [0.1, 0.15) is 85.5 Å². The lowest BCUT2D eigenvalue weighted by Gasteiger charge is -2.27. The van der Waals surface area contributed by atoms with Gasteiger partial charge in [-0.05, 0) is 38.5 Å². The van der Waals surface area contributed by atoms with Crippen molar-refractivity contribution in [3.05, 3.63) is 0 Å². The molecule has 10 aliphatic rings. The Bertz CT molecular complexity index is 1280. The molecule has 0 radical (unpaired) electrons. The molecule has 0 aromatic carbocycles. The minimum Gasteiger partial charge on any atom is -0.457 e. The molecular weight excluding hydrogens is 776 g/mol. The van der Waals surface area contributed by atoms with Gasteiger partial charge in [-0.25, -0.2) is 0 Å². The Morgan fingerprint density at radius 2 is 0.690 bits per heavy atom. The molecule has 0 spiro atoms. The molecule has 10 aliphatic heterocycles. The lowest BCUT2D eigenvalue weighted by atomic mass is 10.1. The predicted octanol–water partition coefficient (Wildman–Crippen LogP) is -1.73. The van der Waals surface area contributed by atoms with Crippen LogP contribution in [0.2, 0.25) is 0 Å². The first-order valence-corrected chi connectivity index (χ1v) is 20.6. The maximum atomic E-state index is 11.0. The highest BCUT2D eigenvalue weighted by atomic mass is 16.7. The van der Waals surface area contributed by atoms with Crippen molar-refractivity contribution in [2.45, 2.75) is 163 Å². The van der Waals surface area contributed by atoms with Gasteiger partial charge in [-0.3, -0.25) is 9.59 Å². The van der Waals surface area contributed by atoms with Crippen LogP contribution in [0.1, 0.15) is 52.4 Å². The lowest BCUT2D eigenvalue weighted by molar-refractivity contribution is -0.202. The second kappa shape index (κ2) is 20.9. The molecule has 0 aromatic rings. The zero-order valence-electron chi connectivity index (χ0n) is 33.0. The molecule has 4 N–H and O–H groups in total. The van der Waals surface area contributed by atoms with Crippen molar-refractivity contribution in [3.8, 4) is 0 Å². The minimum absolute atomic E-state index is 0.0924. The summed E-state index contributed by atoms with van der Waals surface area (Å²) in [4.78, 5) is 21.7. The summed E-state index contributed by atoms with van der Waals surface area (Å²) in [5, 5.41) is 37.3. The average Bonchev–Trinajstić information content (AvgIpc) is 4.08. The number of aliphatic hydroxyl groups is 4. The number of hydrogen-bond donors (Lipinski definition) is 4. The van der Waals surface area contributed by atoms with Crippen molar-refractivity contribution >= 4 is 11.9 Å². The zero-order valence-corrected chi connectivity index (χ0v) is 33.0. The Balaban J connectivity index is 0.000000121. The van der Waals surface area contributed by atoms with Gasteiger partial charge < -0.3 is 86.7 Å². The SMILES string of the molecule is CC(=O)O[C@H]1CO[C@H]2[C@@H]1OC[C@H]2O.CC(=O)O[C@H]1CO[C@H]2[C@@H]1OC[C@H]2OC1CCCCO1.O[C@@H]1CO[C@H]2[C@@H]1OC[C@@H]2O.O[C@H]1CO[C@H]2[C@@H]1OC[C@H]2OC1CCCCO1. The summed E-state index contributed by atoms with van der Waals surface area (Å²) in [6, 6.07) is 0. The van der Waals surface area contributed by atoms with Crippen LogP contribution in [0.15, 0.2) is 0 Å². The third-order valence-electron chi connectivity index (χ3n) is 11.5. The zero-order chi connectivity index (χ0) is 40.8. The quantitative estimate of drug-likeness (QED) is 0.217. The van der Waals surface area contributed by atoms with Gasteiger partial charge in [0.15, 0.2) is 24.8 Å². The molecule has 0 amide bonds. The normalized spacial score (nSPS) is 46.0. The Kier molecular flexibility index (Phi) is 16.0. The maximum absolute atomic E-state index is 11.0. The van der Waals surface area contributed by atoms with Crippen LogP contribution >= 0.6 is 0 Å². The number of carbonyl (C=O) groups excluding carboxylic acids is 2. The van der Waals surface area contributed by atoms with Crippen molar-refractivity contribution in [3.63, 3.8) is 0 Å². The highest BCUT2D eigenvalue weighted by molar-refractivity contribution is 5.66. The fourth-order valence-electron chi connectivity index (χ4n) is 8.66. The average molecular weight is 837 g/mol. The molecule has 58 heavy (non-hydrogen) atoms. The van der Waals surface area contributed by atoms with E-state index in [1.807, 2.05) is 0 Å². The molecule has 10 fully saturated rings. The third kappa shape index (κ3) is 11.0. The number of aliphatic hydroxyl groups excluding tert-OH is 4. The van der Waals surface area contributed by atoms with E-state index in [0.717, 1.165) is 51.7 Å². The molecule has 20 nitrogen and oxygen atoms in total. The molecule has 0 saturated carbocycles. The second-order valence-electron chi connectivity index (χ2n) is 15.9. The van der Waals surface area contributed by atoms with Crippen LogP contribution in [0.3, 0.4) is 0 Å². The Labute approximate surface area is 336 Å². The topological polar surface area (TPSA) is 244 Å². The highest BCUT2D eigenvalue weighted by Crippen LogP contribution is 2.33. The van der Waals surface area contributed by atoms with Gasteiger partial charge in [0.05, 0.1) is 52.9 Å². The number of carbonyl (C=O) groups is 2. The molecule has 10 saturated heterocycles. The fourth-order valence-corrected chi connectivity index (χ4v) is 8.66. The number of rotatable bonds is 6. The molecule has 2 unspecified atom stereocenters. The van der Waals surface area contributed by atoms with E-state index >= 15 is 0 Å². The van der Waals surface area contributed by atoms with Gasteiger partial charge in [0.2, 0.25) is 0 Å².